The van der Waals surface area contributed by atoms with Crippen LogP contribution in [-0.4, -0.2) is 55.4 Å². The van der Waals surface area contributed by atoms with Crippen molar-refractivity contribution in [2.45, 2.75) is 23.1 Å². The topological polar surface area (TPSA) is 108 Å². The molecule has 0 spiro atoms. The van der Waals surface area contributed by atoms with Crippen LogP contribution in [0, 0.1) is 0 Å². The Bertz CT molecular complexity index is 1240. The standard InChI is InChI=1S/C23H26N4O4S3/c1-4-27(5-2)34(30,31)18-13-11-17(12-14-18)21(29)26-22-20(16-9-7-6-8-10-16)25-23(33-22)32-15-19(28)24-3/h6-14H,4-5,15H2,1-3H3,(H,24,28)(H,26,29). The molecule has 2 aromatic carbocycles. The summed E-state index contributed by atoms with van der Waals surface area (Å²) in [5, 5.41) is 6.02. The third-order valence-corrected chi connectivity index (χ3v) is 9.12. The zero-order valence-corrected chi connectivity index (χ0v) is 21.5. The minimum Gasteiger partial charge on any atom is -0.358 e. The van der Waals surface area contributed by atoms with Crippen molar-refractivity contribution in [1.82, 2.24) is 14.6 Å². The Balaban J connectivity index is 1.84. The van der Waals surface area contributed by atoms with E-state index in [0.29, 0.717) is 33.7 Å². The van der Waals surface area contributed by atoms with Crippen molar-refractivity contribution in [1.29, 1.82) is 0 Å². The molecule has 0 saturated carbocycles. The Hall–Kier alpha value is -2.73. The van der Waals surface area contributed by atoms with Gasteiger partial charge in [-0.1, -0.05) is 67.3 Å². The number of nitrogens with zero attached hydrogens (tertiary/aromatic N) is 2. The van der Waals surface area contributed by atoms with Gasteiger partial charge >= 0.3 is 0 Å². The van der Waals surface area contributed by atoms with Crippen molar-refractivity contribution in [3.05, 3.63) is 60.2 Å². The summed E-state index contributed by atoms with van der Waals surface area (Å²) in [6.45, 7) is 4.30. The number of hydrogen-bond acceptors (Lipinski definition) is 7. The van der Waals surface area contributed by atoms with Crippen molar-refractivity contribution < 1.29 is 18.0 Å². The van der Waals surface area contributed by atoms with Gasteiger partial charge in [-0.2, -0.15) is 4.31 Å². The van der Waals surface area contributed by atoms with Gasteiger partial charge in [0.2, 0.25) is 15.9 Å². The molecule has 0 radical (unpaired) electrons. The second kappa shape index (κ2) is 11.6. The van der Waals surface area contributed by atoms with Crippen LogP contribution >= 0.6 is 23.1 Å². The smallest absolute Gasteiger partial charge is 0.256 e. The monoisotopic (exact) mass is 518 g/mol. The summed E-state index contributed by atoms with van der Waals surface area (Å²) in [5.41, 5.74) is 1.77. The second-order valence-corrected chi connectivity index (χ2v) is 11.2. The van der Waals surface area contributed by atoms with Gasteiger partial charge in [0.1, 0.15) is 10.7 Å². The third-order valence-electron chi connectivity index (χ3n) is 4.95. The Labute approximate surface area is 207 Å². The lowest BCUT2D eigenvalue weighted by Gasteiger charge is -2.18. The third kappa shape index (κ3) is 6.03. The van der Waals surface area contributed by atoms with E-state index in [2.05, 4.69) is 15.6 Å². The van der Waals surface area contributed by atoms with Crippen LogP contribution in [0.15, 0.2) is 63.8 Å². The molecule has 0 saturated heterocycles. The van der Waals surface area contributed by atoms with Crippen LogP contribution in [-0.2, 0) is 14.8 Å². The summed E-state index contributed by atoms with van der Waals surface area (Å²) in [6.07, 6.45) is 0. The summed E-state index contributed by atoms with van der Waals surface area (Å²) in [4.78, 5) is 29.3. The molecular weight excluding hydrogens is 492 g/mol. The molecule has 0 aliphatic carbocycles. The summed E-state index contributed by atoms with van der Waals surface area (Å²) in [7, 11) is -2.03. The average Bonchev–Trinajstić information content (AvgIpc) is 3.26. The normalized spacial score (nSPS) is 11.4. The van der Waals surface area contributed by atoms with Gasteiger partial charge in [-0.15, -0.1) is 0 Å². The number of thiazole rings is 1. The van der Waals surface area contributed by atoms with Gasteiger partial charge in [-0.05, 0) is 24.3 Å². The highest BCUT2D eigenvalue weighted by molar-refractivity contribution is 8.01. The van der Waals surface area contributed by atoms with Gasteiger partial charge in [-0.3, -0.25) is 9.59 Å². The molecule has 0 aliphatic rings. The van der Waals surface area contributed by atoms with Gasteiger partial charge < -0.3 is 10.6 Å². The van der Waals surface area contributed by atoms with E-state index < -0.39 is 10.0 Å². The molecule has 3 aromatic rings. The lowest BCUT2D eigenvalue weighted by atomic mass is 10.1. The molecule has 1 aromatic heterocycles. The van der Waals surface area contributed by atoms with E-state index in [1.165, 1.54) is 51.7 Å². The minimum absolute atomic E-state index is 0.119. The predicted molar refractivity (Wildman–Crippen MR) is 137 cm³/mol. The molecule has 2 N–H and O–H groups in total. The van der Waals surface area contributed by atoms with Crippen LogP contribution in [0.3, 0.4) is 0 Å². The maximum absolute atomic E-state index is 13.0. The molecule has 0 fully saturated rings. The van der Waals surface area contributed by atoms with Crippen molar-refractivity contribution in [3.63, 3.8) is 0 Å². The SMILES string of the molecule is CCN(CC)S(=O)(=O)c1ccc(C(=O)Nc2sc(SCC(=O)NC)nc2-c2ccccc2)cc1. The van der Waals surface area contributed by atoms with E-state index >= 15 is 0 Å². The van der Waals surface area contributed by atoms with Crippen LogP contribution in [0.1, 0.15) is 24.2 Å². The Kier molecular flexibility index (Phi) is 8.84. The lowest BCUT2D eigenvalue weighted by molar-refractivity contribution is -0.118. The quantitative estimate of drug-likeness (QED) is 0.394. The summed E-state index contributed by atoms with van der Waals surface area (Å²) < 4.78 is 27.4. The first-order chi connectivity index (χ1) is 16.3. The average molecular weight is 519 g/mol. The predicted octanol–water partition coefficient (Wildman–Crippen LogP) is 3.93. The number of aromatic nitrogens is 1. The van der Waals surface area contributed by atoms with Crippen LogP contribution in [0.2, 0.25) is 0 Å². The number of hydrogen-bond donors (Lipinski definition) is 2. The fourth-order valence-corrected chi connectivity index (χ4v) is 6.49. The van der Waals surface area contributed by atoms with E-state index in [-0.39, 0.29) is 22.5 Å². The van der Waals surface area contributed by atoms with Crippen LogP contribution in [0.5, 0.6) is 0 Å². The molecule has 1 heterocycles. The number of sulfonamides is 1. The number of nitrogens with one attached hydrogen (secondary N) is 2. The highest BCUT2D eigenvalue weighted by atomic mass is 32.2. The first-order valence-corrected chi connectivity index (χ1v) is 13.9. The van der Waals surface area contributed by atoms with Crippen LogP contribution < -0.4 is 10.6 Å². The number of amides is 2. The van der Waals surface area contributed by atoms with Gasteiger partial charge in [0.15, 0.2) is 4.34 Å². The molecule has 11 heteroatoms. The maximum Gasteiger partial charge on any atom is 0.256 e. The van der Waals surface area contributed by atoms with Gasteiger partial charge in [0, 0.05) is 31.3 Å². The first kappa shape index (κ1) is 25.9. The molecule has 0 atom stereocenters. The number of carbonyl (C=O) groups excluding carboxylic acids is 2. The highest BCUT2D eigenvalue weighted by Gasteiger charge is 2.22. The number of anilines is 1. The zero-order chi connectivity index (χ0) is 24.7. The van der Waals surface area contributed by atoms with Crippen molar-refractivity contribution in [2.75, 3.05) is 31.2 Å². The molecule has 180 valence electrons. The molecule has 0 bridgehead atoms. The van der Waals surface area contributed by atoms with E-state index in [9.17, 15) is 18.0 Å². The van der Waals surface area contributed by atoms with Gasteiger partial charge in [0.05, 0.1) is 10.6 Å². The molecule has 3 rings (SSSR count). The van der Waals surface area contributed by atoms with Crippen molar-refractivity contribution >= 4 is 49.9 Å². The summed E-state index contributed by atoms with van der Waals surface area (Å²) >= 11 is 2.57. The lowest BCUT2D eigenvalue weighted by Crippen LogP contribution is -2.30. The Morgan fingerprint density at radius 2 is 1.68 bits per heavy atom. The minimum atomic E-state index is -3.60. The number of carbonyl (C=O) groups is 2. The number of rotatable bonds is 10. The fourth-order valence-electron chi connectivity index (χ4n) is 3.10. The summed E-state index contributed by atoms with van der Waals surface area (Å²) in [5.74, 6) is -0.282. The fraction of sp³-hybridized carbons (Fsp3) is 0.261. The number of thioether (sulfide) groups is 1. The van der Waals surface area contributed by atoms with E-state index in [1.54, 1.807) is 20.9 Å². The first-order valence-electron chi connectivity index (χ1n) is 10.6. The van der Waals surface area contributed by atoms with E-state index in [0.717, 1.165) is 5.56 Å². The zero-order valence-electron chi connectivity index (χ0n) is 19.1. The Morgan fingerprint density at radius 1 is 1.03 bits per heavy atom. The Morgan fingerprint density at radius 3 is 2.26 bits per heavy atom. The molecule has 0 aliphatic heterocycles. The summed E-state index contributed by atoms with van der Waals surface area (Å²) in [6, 6.07) is 15.3. The van der Waals surface area contributed by atoms with Crippen molar-refractivity contribution in [2.24, 2.45) is 0 Å². The molecule has 34 heavy (non-hydrogen) atoms. The largest absolute Gasteiger partial charge is 0.358 e. The van der Waals surface area contributed by atoms with E-state index in [4.69, 9.17) is 0 Å². The molecule has 0 unspecified atom stereocenters. The van der Waals surface area contributed by atoms with E-state index in [1.807, 2.05) is 30.3 Å². The second-order valence-electron chi connectivity index (χ2n) is 7.05. The highest BCUT2D eigenvalue weighted by Crippen LogP contribution is 2.37. The van der Waals surface area contributed by atoms with Gasteiger partial charge in [0.25, 0.3) is 5.91 Å². The van der Waals surface area contributed by atoms with Crippen molar-refractivity contribution in [3.8, 4) is 11.3 Å². The van der Waals surface area contributed by atoms with Crippen LogP contribution in [0.4, 0.5) is 5.00 Å². The number of benzene rings is 2. The van der Waals surface area contributed by atoms with Crippen LogP contribution in [0.25, 0.3) is 11.3 Å². The maximum atomic E-state index is 13.0. The molecule has 8 nitrogen and oxygen atoms in total. The molecule has 2 amide bonds. The van der Waals surface area contributed by atoms with Gasteiger partial charge in [-0.25, -0.2) is 13.4 Å². The molecular formula is C23H26N4O4S3.